The van der Waals surface area contributed by atoms with Gasteiger partial charge in [-0.1, -0.05) is 0 Å². The number of carboxylic acids is 1. The van der Waals surface area contributed by atoms with Gasteiger partial charge in [-0.05, 0) is 22.0 Å². The van der Waals surface area contributed by atoms with Crippen molar-refractivity contribution in [1.29, 1.82) is 0 Å². The minimum absolute atomic E-state index is 0.170. The van der Waals surface area contributed by atoms with Gasteiger partial charge < -0.3 is 10.1 Å². The summed E-state index contributed by atoms with van der Waals surface area (Å²) in [5, 5.41) is 8.80. The predicted molar refractivity (Wildman–Crippen MR) is 48.5 cm³/mol. The Morgan fingerprint density at radius 2 is 2.38 bits per heavy atom. The van der Waals surface area contributed by atoms with Gasteiger partial charge in [0.1, 0.15) is 5.52 Å². The number of pyridine rings is 1. The number of hydrogen-bond acceptors (Lipinski definition) is 3. The van der Waals surface area contributed by atoms with Crippen LogP contribution in [0.5, 0.6) is 0 Å². The zero-order valence-electron chi connectivity index (χ0n) is 6.28. The number of carbonyl (C=O) groups is 1. The molecule has 66 valence electrons. The molecule has 0 fully saturated rings. The smallest absolute Gasteiger partial charge is 0.338 e. The van der Waals surface area contributed by atoms with E-state index in [0.717, 1.165) is 0 Å². The van der Waals surface area contributed by atoms with Crippen molar-refractivity contribution >= 4 is 33.1 Å². The van der Waals surface area contributed by atoms with Crippen molar-refractivity contribution in [3.63, 3.8) is 0 Å². The first kappa shape index (κ1) is 8.18. The van der Waals surface area contributed by atoms with Gasteiger partial charge in [0.05, 0.1) is 5.56 Å². The van der Waals surface area contributed by atoms with E-state index >= 15 is 0 Å². The van der Waals surface area contributed by atoms with Crippen molar-refractivity contribution in [3.8, 4) is 0 Å². The van der Waals surface area contributed by atoms with E-state index in [1.165, 1.54) is 12.3 Å². The fourth-order valence-corrected chi connectivity index (χ4v) is 1.43. The van der Waals surface area contributed by atoms with Crippen LogP contribution in [0, 0.1) is 0 Å². The van der Waals surface area contributed by atoms with Crippen LogP contribution in [0.1, 0.15) is 10.4 Å². The number of nitrogens with zero attached hydrogens (tertiary/aromatic N) is 2. The number of rotatable bonds is 1. The summed E-state index contributed by atoms with van der Waals surface area (Å²) in [6, 6.07) is 1.43. The lowest BCUT2D eigenvalue weighted by Gasteiger charge is -1.93. The van der Waals surface area contributed by atoms with Crippen molar-refractivity contribution < 1.29 is 9.90 Å². The molecule has 0 unspecified atom stereocenters. The van der Waals surface area contributed by atoms with E-state index < -0.39 is 5.97 Å². The summed E-state index contributed by atoms with van der Waals surface area (Å²) in [7, 11) is 0. The Kier molecular flexibility index (Phi) is 1.77. The highest BCUT2D eigenvalue weighted by atomic mass is 79.9. The summed E-state index contributed by atoms with van der Waals surface area (Å²) in [5.74, 6) is -0.997. The Morgan fingerprint density at radius 3 is 3.08 bits per heavy atom. The van der Waals surface area contributed by atoms with E-state index in [9.17, 15) is 4.79 Å². The fraction of sp³-hybridized carbons (Fsp3) is 0. The number of aromatic nitrogens is 3. The van der Waals surface area contributed by atoms with Crippen LogP contribution in [0.4, 0.5) is 0 Å². The molecule has 0 aliphatic carbocycles. The first-order chi connectivity index (χ1) is 6.18. The minimum Gasteiger partial charge on any atom is -0.478 e. The monoisotopic (exact) mass is 241 g/mol. The second-order valence-electron chi connectivity index (χ2n) is 2.39. The first-order valence-corrected chi connectivity index (χ1v) is 4.21. The number of fused-ring (bicyclic) bond motifs is 1. The summed E-state index contributed by atoms with van der Waals surface area (Å²) in [6.45, 7) is 0. The summed E-state index contributed by atoms with van der Waals surface area (Å²) in [6.07, 6.45) is 1.42. The highest BCUT2D eigenvalue weighted by molar-refractivity contribution is 9.10. The minimum atomic E-state index is -0.997. The van der Waals surface area contributed by atoms with Gasteiger partial charge in [0.2, 0.25) is 0 Å². The summed E-state index contributed by atoms with van der Waals surface area (Å²) < 4.78 is 0.476. The van der Waals surface area contributed by atoms with Gasteiger partial charge in [-0.3, -0.25) is 0 Å². The van der Waals surface area contributed by atoms with Gasteiger partial charge >= 0.3 is 5.97 Å². The zero-order chi connectivity index (χ0) is 9.42. The van der Waals surface area contributed by atoms with Crippen LogP contribution in [0.3, 0.4) is 0 Å². The molecule has 0 aliphatic rings. The van der Waals surface area contributed by atoms with Gasteiger partial charge in [0.15, 0.2) is 10.4 Å². The molecule has 0 spiro atoms. The molecular weight excluding hydrogens is 238 g/mol. The number of H-pyrrole nitrogens is 1. The first-order valence-electron chi connectivity index (χ1n) is 3.42. The Labute approximate surface area is 80.9 Å². The molecule has 0 atom stereocenters. The van der Waals surface area contributed by atoms with Crippen LogP contribution in [0.15, 0.2) is 17.0 Å². The molecule has 0 aliphatic heterocycles. The molecule has 6 heteroatoms. The Hall–Kier alpha value is -1.43. The molecule has 0 aromatic carbocycles. The summed E-state index contributed by atoms with van der Waals surface area (Å²) in [5.41, 5.74) is 0.997. The molecule has 0 saturated carbocycles. The molecule has 2 aromatic heterocycles. The molecule has 0 bridgehead atoms. The van der Waals surface area contributed by atoms with Crippen LogP contribution in [0.25, 0.3) is 11.2 Å². The van der Waals surface area contributed by atoms with Crippen LogP contribution in [-0.4, -0.2) is 26.0 Å². The summed E-state index contributed by atoms with van der Waals surface area (Å²) in [4.78, 5) is 21.4. The number of halogens is 1. The highest BCUT2D eigenvalue weighted by Crippen LogP contribution is 2.16. The van der Waals surface area contributed by atoms with Gasteiger partial charge in [0.25, 0.3) is 0 Å². The van der Waals surface area contributed by atoms with Crippen molar-refractivity contribution in [2.24, 2.45) is 0 Å². The third-order valence-electron chi connectivity index (χ3n) is 1.59. The average Bonchev–Trinajstić information content (AvgIpc) is 2.43. The molecule has 5 nitrogen and oxygen atoms in total. The summed E-state index contributed by atoms with van der Waals surface area (Å²) >= 11 is 3.11. The highest BCUT2D eigenvalue weighted by Gasteiger charge is 2.11. The predicted octanol–water partition coefficient (Wildman–Crippen LogP) is 1.42. The van der Waals surface area contributed by atoms with Crippen molar-refractivity contribution in [3.05, 3.63) is 22.6 Å². The quantitative estimate of drug-likeness (QED) is 0.792. The maximum absolute atomic E-state index is 10.7. The van der Waals surface area contributed by atoms with Crippen LogP contribution in [0.2, 0.25) is 0 Å². The normalized spacial score (nSPS) is 10.5. The van der Waals surface area contributed by atoms with Gasteiger partial charge in [0, 0.05) is 6.20 Å². The van der Waals surface area contributed by atoms with Crippen molar-refractivity contribution in [2.75, 3.05) is 0 Å². The van der Waals surface area contributed by atoms with E-state index in [0.29, 0.717) is 15.9 Å². The Bertz CT molecular complexity index is 480. The van der Waals surface area contributed by atoms with Crippen molar-refractivity contribution in [1.82, 2.24) is 15.0 Å². The molecule has 2 rings (SSSR count). The topological polar surface area (TPSA) is 78.9 Å². The third-order valence-corrected chi connectivity index (χ3v) is 1.97. The number of aromatic amines is 1. The van der Waals surface area contributed by atoms with E-state index in [1.54, 1.807) is 0 Å². The van der Waals surface area contributed by atoms with Crippen LogP contribution >= 0.6 is 15.9 Å². The van der Waals surface area contributed by atoms with E-state index in [2.05, 4.69) is 30.9 Å². The Morgan fingerprint density at radius 1 is 1.62 bits per heavy atom. The second kappa shape index (κ2) is 2.81. The number of nitrogens with one attached hydrogen (secondary N) is 1. The lowest BCUT2D eigenvalue weighted by atomic mass is 10.2. The van der Waals surface area contributed by atoms with E-state index in [4.69, 9.17) is 5.11 Å². The largest absolute Gasteiger partial charge is 0.478 e. The van der Waals surface area contributed by atoms with Gasteiger partial charge in [-0.2, -0.15) is 0 Å². The molecule has 0 saturated heterocycles. The molecule has 0 radical (unpaired) electrons. The molecule has 13 heavy (non-hydrogen) atoms. The third kappa shape index (κ3) is 1.29. The molecule has 0 amide bonds. The second-order valence-corrected chi connectivity index (χ2v) is 3.14. The standard InChI is InChI=1S/C7H4BrN3O2/c8-7-10-4-3(6(12)13)1-2-9-5(4)11-7/h1-2H,(H,12,13)(H,9,10,11). The molecule has 2 heterocycles. The average molecular weight is 242 g/mol. The zero-order valence-corrected chi connectivity index (χ0v) is 7.87. The maximum atomic E-state index is 10.7. The van der Waals surface area contributed by atoms with E-state index in [1.807, 2.05) is 0 Å². The number of imidazole rings is 1. The van der Waals surface area contributed by atoms with Crippen LogP contribution < -0.4 is 0 Å². The lowest BCUT2D eigenvalue weighted by molar-refractivity contribution is 0.0699. The molecule has 2 N–H and O–H groups in total. The van der Waals surface area contributed by atoms with Crippen molar-refractivity contribution in [2.45, 2.75) is 0 Å². The number of aromatic carboxylic acids is 1. The lowest BCUT2D eigenvalue weighted by Crippen LogP contribution is -1.97. The molecule has 2 aromatic rings. The van der Waals surface area contributed by atoms with Crippen LogP contribution in [-0.2, 0) is 0 Å². The van der Waals surface area contributed by atoms with E-state index in [-0.39, 0.29) is 5.56 Å². The fourth-order valence-electron chi connectivity index (χ4n) is 1.06. The number of carboxylic acid groups (broad SMARTS) is 1. The maximum Gasteiger partial charge on any atom is 0.338 e. The SMILES string of the molecule is O=C(O)c1ccnc2nc(Br)[nH]c12. The Balaban J connectivity index is 2.82. The van der Waals surface area contributed by atoms with Gasteiger partial charge in [-0.15, -0.1) is 0 Å². The molecular formula is C7H4BrN3O2. The van der Waals surface area contributed by atoms with Gasteiger partial charge in [-0.25, -0.2) is 14.8 Å². The number of hydrogen-bond donors (Lipinski definition) is 2.